The van der Waals surface area contributed by atoms with Crippen molar-refractivity contribution in [2.24, 2.45) is 0 Å². The number of hydrogen-bond donors (Lipinski definition) is 1. The number of hydrogen-bond acceptors (Lipinski definition) is 4. The predicted molar refractivity (Wildman–Crippen MR) is 79.6 cm³/mol. The summed E-state index contributed by atoms with van der Waals surface area (Å²) in [6.07, 6.45) is 0.829. The molecule has 2 aromatic carbocycles. The number of rotatable bonds is 6. The van der Waals surface area contributed by atoms with Crippen LogP contribution in [0.25, 0.3) is 0 Å². The summed E-state index contributed by atoms with van der Waals surface area (Å²) in [6.45, 7) is 0.595. The number of benzene rings is 2. The van der Waals surface area contributed by atoms with Gasteiger partial charge in [-0.15, -0.1) is 0 Å². The summed E-state index contributed by atoms with van der Waals surface area (Å²) in [6, 6.07) is 13.4. The molecule has 0 unspecified atom stereocenters. The molecule has 0 aromatic heterocycles. The number of ether oxygens (including phenoxy) is 3. The zero-order valence-electron chi connectivity index (χ0n) is 11.8. The van der Waals surface area contributed by atoms with Gasteiger partial charge in [0.25, 0.3) is 0 Å². The minimum Gasteiger partial charge on any atom is -0.497 e. The lowest BCUT2D eigenvalue weighted by Crippen LogP contribution is -2.02. The molecule has 0 aliphatic carbocycles. The highest BCUT2D eigenvalue weighted by molar-refractivity contribution is 5.56. The fourth-order valence-electron chi connectivity index (χ4n) is 1.88. The van der Waals surface area contributed by atoms with Crippen LogP contribution in [0.4, 0.5) is 5.69 Å². The topological polar surface area (TPSA) is 53.7 Å². The molecule has 2 aromatic rings. The van der Waals surface area contributed by atoms with E-state index in [4.69, 9.17) is 19.9 Å². The van der Waals surface area contributed by atoms with Crippen molar-refractivity contribution in [3.8, 4) is 17.2 Å². The first-order chi connectivity index (χ1) is 9.72. The Morgan fingerprint density at radius 1 is 0.900 bits per heavy atom. The maximum absolute atomic E-state index is 5.83. The summed E-state index contributed by atoms with van der Waals surface area (Å²) in [5.41, 5.74) is 7.61. The van der Waals surface area contributed by atoms with E-state index in [1.807, 2.05) is 30.3 Å². The Morgan fingerprint density at radius 2 is 1.60 bits per heavy atom. The van der Waals surface area contributed by atoms with Gasteiger partial charge in [-0.2, -0.15) is 0 Å². The van der Waals surface area contributed by atoms with Crippen LogP contribution in [0, 0.1) is 0 Å². The van der Waals surface area contributed by atoms with Crippen molar-refractivity contribution in [2.75, 3.05) is 26.6 Å². The quantitative estimate of drug-likeness (QED) is 0.822. The Bertz CT molecular complexity index is 552. The lowest BCUT2D eigenvalue weighted by molar-refractivity contribution is 0.321. The van der Waals surface area contributed by atoms with E-state index in [-0.39, 0.29) is 0 Å². The zero-order valence-corrected chi connectivity index (χ0v) is 11.8. The van der Waals surface area contributed by atoms with Crippen LogP contribution in [0.5, 0.6) is 17.2 Å². The van der Waals surface area contributed by atoms with Gasteiger partial charge in [0, 0.05) is 12.5 Å². The van der Waals surface area contributed by atoms with E-state index in [9.17, 15) is 0 Å². The summed E-state index contributed by atoms with van der Waals surface area (Å²) in [4.78, 5) is 0. The Balaban J connectivity index is 1.87. The summed E-state index contributed by atoms with van der Waals surface area (Å²) < 4.78 is 15.9. The van der Waals surface area contributed by atoms with Gasteiger partial charge in [-0.25, -0.2) is 0 Å². The molecule has 4 nitrogen and oxygen atoms in total. The van der Waals surface area contributed by atoms with Gasteiger partial charge in [0.05, 0.1) is 26.5 Å². The van der Waals surface area contributed by atoms with Crippen LogP contribution in [-0.2, 0) is 6.42 Å². The molecule has 0 aliphatic heterocycles. The lowest BCUT2D eigenvalue weighted by Gasteiger charge is -2.09. The molecule has 0 spiro atoms. The summed E-state index contributed by atoms with van der Waals surface area (Å²) in [5, 5.41) is 0. The Morgan fingerprint density at radius 3 is 2.20 bits per heavy atom. The van der Waals surface area contributed by atoms with Crippen LogP contribution >= 0.6 is 0 Å². The fraction of sp³-hybridized carbons (Fsp3) is 0.250. The average Bonchev–Trinajstić information content (AvgIpc) is 2.48. The van der Waals surface area contributed by atoms with Crippen LogP contribution in [0.2, 0.25) is 0 Å². The SMILES string of the molecule is COc1ccc(CCOc2ccc(OC)c(N)c2)cc1. The molecule has 0 radical (unpaired) electrons. The minimum atomic E-state index is 0.578. The maximum Gasteiger partial charge on any atom is 0.142 e. The van der Waals surface area contributed by atoms with Crippen LogP contribution in [0.15, 0.2) is 42.5 Å². The van der Waals surface area contributed by atoms with E-state index >= 15 is 0 Å². The third kappa shape index (κ3) is 3.57. The summed E-state index contributed by atoms with van der Waals surface area (Å²) in [7, 11) is 3.25. The Labute approximate surface area is 119 Å². The van der Waals surface area contributed by atoms with Gasteiger partial charge < -0.3 is 19.9 Å². The first-order valence-electron chi connectivity index (χ1n) is 6.42. The molecule has 0 fully saturated rings. The predicted octanol–water partition coefficient (Wildman–Crippen LogP) is 2.91. The largest absolute Gasteiger partial charge is 0.497 e. The standard InChI is InChI=1S/C16H19NO3/c1-18-13-5-3-12(4-6-13)9-10-20-14-7-8-16(19-2)15(17)11-14/h3-8,11H,9-10,17H2,1-2H3. The first-order valence-corrected chi connectivity index (χ1v) is 6.42. The highest BCUT2D eigenvalue weighted by Crippen LogP contribution is 2.26. The molecule has 20 heavy (non-hydrogen) atoms. The lowest BCUT2D eigenvalue weighted by atomic mass is 10.1. The van der Waals surface area contributed by atoms with Crippen molar-refractivity contribution in [2.45, 2.75) is 6.42 Å². The molecule has 0 bridgehead atoms. The molecular weight excluding hydrogens is 254 g/mol. The summed E-state index contributed by atoms with van der Waals surface area (Å²) >= 11 is 0. The molecule has 0 atom stereocenters. The maximum atomic E-state index is 5.83. The van der Waals surface area contributed by atoms with Gasteiger partial charge in [-0.1, -0.05) is 12.1 Å². The van der Waals surface area contributed by atoms with Crippen molar-refractivity contribution < 1.29 is 14.2 Å². The summed E-state index contributed by atoms with van der Waals surface area (Å²) in [5.74, 6) is 2.27. The molecule has 0 heterocycles. The number of anilines is 1. The molecule has 106 valence electrons. The van der Waals surface area contributed by atoms with Crippen molar-refractivity contribution in [1.29, 1.82) is 0 Å². The van der Waals surface area contributed by atoms with E-state index in [1.54, 1.807) is 26.4 Å². The number of methoxy groups -OCH3 is 2. The minimum absolute atomic E-state index is 0.578. The van der Waals surface area contributed by atoms with Crippen LogP contribution in [0.1, 0.15) is 5.56 Å². The van der Waals surface area contributed by atoms with Gasteiger partial charge in [-0.3, -0.25) is 0 Å². The highest BCUT2D eigenvalue weighted by Gasteiger charge is 2.02. The van der Waals surface area contributed by atoms with Crippen LogP contribution < -0.4 is 19.9 Å². The van der Waals surface area contributed by atoms with Crippen molar-refractivity contribution in [3.63, 3.8) is 0 Å². The number of nitrogens with two attached hydrogens (primary N) is 1. The zero-order chi connectivity index (χ0) is 14.4. The van der Waals surface area contributed by atoms with Crippen LogP contribution in [0.3, 0.4) is 0 Å². The third-order valence-electron chi connectivity index (χ3n) is 3.02. The van der Waals surface area contributed by atoms with E-state index < -0.39 is 0 Å². The van der Waals surface area contributed by atoms with Gasteiger partial charge in [-0.05, 0) is 29.8 Å². The average molecular weight is 273 g/mol. The normalized spacial score (nSPS) is 10.1. The van der Waals surface area contributed by atoms with Gasteiger partial charge in [0.15, 0.2) is 0 Å². The van der Waals surface area contributed by atoms with Crippen LogP contribution in [-0.4, -0.2) is 20.8 Å². The molecule has 4 heteroatoms. The molecule has 2 N–H and O–H groups in total. The monoisotopic (exact) mass is 273 g/mol. The van der Waals surface area contributed by atoms with E-state index in [1.165, 1.54) is 5.56 Å². The van der Waals surface area contributed by atoms with E-state index in [0.717, 1.165) is 17.9 Å². The van der Waals surface area contributed by atoms with E-state index in [0.29, 0.717) is 18.0 Å². The molecular formula is C16H19NO3. The van der Waals surface area contributed by atoms with Crippen molar-refractivity contribution in [1.82, 2.24) is 0 Å². The molecule has 0 amide bonds. The van der Waals surface area contributed by atoms with Crippen molar-refractivity contribution >= 4 is 5.69 Å². The Kier molecular flexibility index (Phi) is 4.71. The molecule has 0 saturated carbocycles. The second-order valence-electron chi connectivity index (χ2n) is 4.35. The molecule has 0 saturated heterocycles. The first kappa shape index (κ1) is 14.1. The highest BCUT2D eigenvalue weighted by atomic mass is 16.5. The molecule has 2 rings (SSSR count). The van der Waals surface area contributed by atoms with Gasteiger partial charge in [0.1, 0.15) is 17.2 Å². The smallest absolute Gasteiger partial charge is 0.142 e. The Hall–Kier alpha value is -2.36. The fourth-order valence-corrected chi connectivity index (χ4v) is 1.88. The second-order valence-corrected chi connectivity index (χ2v) is 4.35. The van der Waals surface area contributed by atoms with E-state index in [2.05, 4.69) is 0 Å². The third-order valence-corrected chi connectivity index (χ3v) is 3.02. The second kappa shape index (κ2) is 6.70. The number of nitrogen functional groups attached to an aromatic ring is 1. The van der Waals surface area contributed by atoms with Crippen molar-refractivity contribution in [3.05, 3.63) is 48.0 Å². The molecule has 0 aliphatic rings. The van der Waals surface area contributed by atoms with Gasteiger partial charge in [0.2, 0.25) is 0 Å². The van der Waals surface area contributed by atoms with Gasteiger partial charge >= 0.3 is 0 Å².